The first-order valence-electron chi connectivity index (χ1n) is 7.98. The van der Waals surface area contributed by atoms with Gasteiger partial charge in [0.25, 0.3) is 0 Å². The van der Waals surface area contributed by atoms with Gasteiger partial charge >= 0.3 is 0 Å². The molecular formula is C19H24O2. The van der Waals surface area contributed by atoms with E-state index in [1.54, 1.807) is 7.11 Å². The largest absolute Gasteiger partial charge is 0.497 e. The molecule has 2 heteroatoms. The van der Waals surface area contributed by atoms with Gasteiger partial charge in [0, 0.05) is 18.3 Å². The second-order valence-corrected chi connectivity index (χ2v) is 6.56. The minimum atomic E-state index is 0.0315. The Kier molecular flexibility index (Phi) is 3.64. The van der Waals surface area contributed by atoms with E-state index < -0.39 is 0 Å². The summed E-state index contributed by atoms with van der Waals surface area (Å²) in [4.78, 5) is 12.1. The molecule has 21 heavy (non-hydrogen) atoms. The van der Waals surface area contributed by atoms with Crippen molar-refractivity contribution in [2.24, 2.45) is 5.92 Å². The maximum atomic E-state index is 12.1. The summed E-state index contributed by atoms with van der Waals surface area (Å²) < 4.78 is 5.37. The SMILES string of the molecule is CCC[C@H]1CC(=O)CC2=CCc3cc(OC)ccc3[C@@]21C. The summed E-state index contributed by atoms with van der Waals surface area (Å²) in [6, 6.07) is 6.44. The maximum absolute atomic E-state index is 12.1. The number of methoxy groups -OCH3 is 1. The number of carbonyl (C=O) groups excluding carboxylic acids is 1. The number of benzene rings is 1. The molecule has 2 nitrogen and oxygen atoms in total. The zero-order valence-corrected chi connectivity index (χ0v) is 13.2. The lowest BCUT2D eigenvalue weighted by Gasteiger charge is -2.46. The van der Waals surface area contributed by atoms with Crippen molar-refractivity contribution in [3.05, 3.63) is 41.0 Å². The van der Waals surface area contributed by atoms with E-state index in [-0.39, 0.29) is 5.41 Å². The topological polar surface area (TPSA) is 26.3 Å². The summed E-state index contributed by atoms with van der Waals surface area (Å²) in [6.07, 6.45) is 6.83. The Labute approximate surface area is 127 Å². The fraction of sp³-hybridized carbons (Fsp3) is 0.526. The van der Waals surface area contributed by atoms with Crippen LogP contribution in [0.1, 0.15) is 50.7 Å². The molecule has 0 radical (unpaired) electrons. The van der Waals surface area contributed by atoms with Crippen LogP contribution in [0.5, 0.6) is 5.75 Å². The second kappa shape index (κ2) is 5.32. The molecule has 0 unspecified atom stereocenters. The fourth-order valence-corrected chi connectivity index (χ4v) is 4.23. The van der Waals surface area contributed by atoms with Gasteiger partial charge in [0.05, 0.1) is 7.11 Å². The summed E-state index contributed by atoms with van der Waals surface area (Å²) in [6.45, 7) is 4.56. The Morgan fingerprint density at radius 3 is 2.90 bits per heavy atom. The third-order valence-corrected chi connectivity index (χ3v) is 5.42. The third kappa shape index (κ3) is 2.21. The highest BCUT2D eigenvalue weighted by atomic mass is 16.5. The van der Waals surface area contributed by atoms with Crippen LogP contribution in [0.2, 0.25) is 0 Å². The quantitative estimate of drug-likeness (QED) is 0.777. The highest BCUT2D eigenvalue weighted by molar-refractivity contribution is 5.84. The Morgan fingerprint density at radius 2 is 2.19 bits per heavy atom. The van der Waals surface area contributed by atoms with E-state index in [4.69, 9.17) is 4.74 Å². The van der Waals surface area contributed by atoms with Crippen molar-refractivity contribution in [1.29, 1.82) is 0 Å². The van der Waals surface area contributed by atoms with Crippen molar-refractivity contribution >= 4 is 5.78 Å². The molecular weight excluding hydrogens is 260 g/mol. The summed E-state index contributed by atoms with van der Waals surface area (Å²) in [5, 5.41) is 0. The Hall–Kier alpha value is -1.57. The molecule has 2 aliphatic carbocycles. The number of rotatable bonds is 3. The standard InChI is InChI=1S/C19H24O2/c1-4-5-14-11-16(20)12-15-7-6-13-10-17(21-3)8-9-18(13)19(14,15)2/h7-10,14H,4-6,11-12H2,1-3H3/t14-,19+/m0/s1. The number of hydrogen-bond donors (Lipinski definition) is 0. The first kappa shape index (κ1) is 14.4. The van der Waals surface area contributed by atoms with E-state index in [1.165, 1.54) is 16.7 Å². The molecule has 0 saturated heterocycles. The van der Waals surface area contributed by atoms with Crippen LogP contribution in [0.4, 0.5) is 0 Å². The van der Waals surface area contributed by atoms with Gasteiger partial charge in [-0.25, -0.2) is 0 Å². The minimum Gasteiger partial charge on any atom is -0.497 e. The van der Waals surface area contributed by atoms with Gasteiger partial charge in [0.2, 0.25) is 0 Å². The monoisotopic (exact) mass is 284 g/mol. The van der Waals surface area contributed by atoms with Crippen LogP contribution in [0.3, 0.4) is 0 Å². The average Bonchev–Trinajstić information content (AvgIpc) is 2.48. The smallest absolute Gasteiger partial charge is 0.137 e. The molecule has 3 rings (SSSR count). The highest BCUT2D eigenvalue weighted by Gasteiger charge is 2.45. The predicted octanol–water partition coefficient (Wildman–Crippen LogP) is 4.21. The van der Waals surface area contributed by atoms with Crippen LogP contribution in [0.25, 0.3) is 0 Å². The van der Waals surface area contributed by atoms with Gasteiger partial charge in [0.15, 0.2) is 0 Å². The van der Waals surface area contributed by atoms with Gasteiger partial charge in [0.1, 0.15) is 11.5 Å². The molecule has 1 aromatic rings. The summed E-state index contributed by atoms with van der Waals surface area (Å²) in [7, 11) is 1.71. The molecule has 0 N–H and O–H groups in total. The van der Waals surface area contributed by atoms with Crippen molar-refractivity contribution < 1.29 is 9.53 Å². The van der Waals surface area contributed by atoms with Crippen LogP contribution in [0.15, 0.2) is 29.8 Å². The zero-order chi connectivity index (χ0) is 15.0. The number of fused-ring (bicyclic) bond motifs is 3. The first-order valence-corrected chi connectivity index (χ1v) is 7.98. The van der Waals surface area contributed by atoms with E-state index >= 15 is 0 Å². The average molecular weight is 284 g/mol. The maximum Gasteiger partial charge on any atom is 0.137 e. The fourth-order valence-electron chi connectivity index (χ4n) is 4.23. The second-order valence-electron chi connectivity index (χ2n) is 6.56. The van der Waals surface area contributed by atoms with E-state index in [0.717, 1.165) is 31.4 Å². The van der Waals surface area contributed by atoms with Crippen molar-refractivity contribution in [1.82, 2.24) is 0 Å². The number of allylic oxidation sites excluding steroid dienone is 2. The van der Waals surface area contributed by atoms with E-state index in [1.807, 2.05) is 0 Å². The molecule has 2 aliphatic rings. The number of ketones is 1. The Morgan fingerprint density at radius 1 is 1.38 bits per heavy atom. The normalized spacial score (nSPS) is 27.7. The van der Waals surface area contributed by atoms with Crippen molar-refractivity contribution in [2.45, 2.75) is 51.4 Å². The van der Waals surface area contributed by atoms with Crippen molar-refractivity contribution in [2.75, 3.05) is 7.11 Å². The van der Waals surface area contributed by atoms with E-state index in [9.17, 15) is 4.79 Å². The lowest BCUT2D eigenvalue weighted by Crippen LogP contribution is -2.42. The molecule has 2 atom stereocenters. The molecule has 0 aromatic heterocycles. The summed E-state index contributed by atoms with van der Waals surface area (Å²) in [5.41, 5.74) is 4.14. The molecule has 0 amide bonds. The van der Waals surface area contributed by atoms with Crippen LogP contribution in [0, 0.1) is 5.92 Å². The molecule has 1 aromatic carbocycles. The number of ether oxygens (including phenoxy) is 1. The predicted molar refractivity (Wildman–Crippen MR) is 84.8 cm³/mol. The number of Topliss-reactive ketones (excluding diaryl/α,β-unsaturated/α-hetero) is 1. The highest BCUT2D eigenvalue weighted by Crippen LogP contribution is 2.51. The zero-order valence-electron chi connectivity index (χ0n) is 13.2. The summed E-state index contributed by atoms with van der Waals surface area (Å²) in [5.74, 6) is 1.77. The molecule has 0 bridgehead atoms. The number of carbonyl (C=O) groups is 1. The minimum absolute atomic E-state index is 0.0315. The van der Waals surface area contributed by atoms with Crippen molar-refractivity contribution in [3.63, 3.8) is 0 Å². The van der Waals surface area contributed by atoms with Gasteiger partial charge in [-0.1, -0.05) is 38.0 Å². The Balaban J connectivity index is 2.10. The van der Waals surface area contributed by atoms with Crippen LogP contribution in [-0.2, 0) is 16.6 Å². The van der Waals surface area contributed by atoms with Crippen LogP contribution >= 0.6 is 0 Å². The Bertz CT molecular complexity index is 600. The lowest BCUT2D eigenvalue weighted by atomic mass is 9.56. The van der Waals surface area contributed by atoms with E-state index in [2.05, 4.69) is 38.1 Å². The third-order valence-electron chi connectivity index (χ3n) is 5.42. The first-order chi connectivity index (χ1) is 10.1. The van der Waals surface area contributed by atoms with Crippen LogP contribution < -0.4 is 4.74 Å². The van der Waals surface area contributed by atoms with Gasteiger partial charge in [-0.05, 0) is 42.0 Å². The van der Waals surface area contributed by atoms with Crippen molar-refractivity contribution in [3.8, 4) is 5.75 Å². The van der Waals surface area contributed by atoms with E-state index in [0.29, 0.717) is 18.1 Å². The van der Waals surface area contributed by atoms with Crippen LogP contribution in [-0.4, -0.2) is 12.9 Å². The molecule has 1 fully saturated rings. The number of hydrogen-bond acceptors (Lipinski definition) is 2. The molecule has 0 heterocycles. The van der Waals surface area contributed by atoms with Gasteiger partial charge in [-0.3, -0.25) is 4.79 Å². The molecule has 112 valence electrons. The molecule has 0 aliphatic heterocycles. The lowest BCUT2D eigenvalue weighted by molar-refractivity contribution is -0.121. The van der Waals surface area contributed by atoms with Gasteiger partial charge < -0.3 is 4.74 Å². The van der Waals surface area contributed by atoms with Gasteiger partial charge in [-0.15, -0.1) is 0 Å². The van der Waals surface area contributed by atoms with Gasteiger partial charge in [-0.2, -0.15) is 0 Å². The molecule has 1 saturated carbocycles. The molecule has 0 spiro atoms. The summed E-state index contributed by atoms with van der Waals surface area (Å²) >= 11 is 0.